The maximum Gasteiger partial charge on any atom is 0.0372 e. The third kappa shape index (κ3) is 1.90. The van der Waals surface area contributed by atoms with Crippen molar-refractivity contribution in [3.8, 4) is 0 Å². The van der Waals surface area contributed by atoms with Gasteiger partial charge in [0, 0.05) is 11.1 Å². The van der Waals surface area contributed by atoms with Gasteiger partial charge in [-0.2, -0.15) is 0 Å². The molecule has 0 spiro atoms. The van der Waals surface area contributed by atoms with Gasteiger partial charge in [-0.1, -0.05) is 17.2 Å². The molecule has 1 rings (SSSR count). The second-order valence-electron chi connectivity index (χ2n) is 5.85. The Kier molecular flexibility index (Phi) is 2.90. The summed E-state index contributed by atoms with van der Waals surface area (Å²) in [6, 6.07) is 0. The van der Waals surface area contributed by atoms with E-state index >= 15 is 0 Å². The van der Waals surface area contributed by atoms with Crippen LogP contribution in [-0.2, 0) is 0 Å². The highest BCUT2D eigenvalue weighted by molar-refractivity contribution is 5.40. The Morgan fingerprint density at radius 3 is 1.93 bits per heavy atom. The molecule has 1 heterocycles. The minimum atomic E-state index is 0.118. The zero-order chi connectivity index (χ0) is 12.0. The average Bonchev–Trinajstić information content (AvgIpc) is 2.14. The summed E-state index contributed by atoms with van der Waals surface area (Å²) in [7, 11) is 2.21. The molecule has 0 saturated heterocycles. The van der Waals surface area contributed by atoms with Crippen molar-refractivity contribution >= 4 is 0 Å². The predicted octanol–water partition coefficient (Wildman–Crippen LogP) is 3.77. The maximum absolute atomic E-state index is 2.45. The Balaban J connectivity index is 3.41. The molecule has 0 aromatic heterocycles. The first-order valence-electron chi connectivity index (χ1n) is 5.72. The van der Waals surface area contributed by atoms with Crippen LogP contribution in [0.25, 0.3) is 0 Å². The van der Waals surface area contributed by atoms with Crippen molar-refractivity contribution in [2.24, 2.45) is 0 Å². The summed E-state index contributed by atoms with van der Waals surface area (Å²) in [4.78, 5) is 2.45. The first-order chi connectivity index (χ1) is 6.60. The minimum absolute atomic E-state index is 0.118. The van der Waals surface area contributed by atoms with Crippen molar-refractivity contribution in [2.45, 2.75) is 59.5 Å². The third-order valence-electron chi connectivity index (χ3n) is 4.34. The summed E-state index contributed by atoms with van der Waals surface area (Å²) >= 11 is 0. The quantitative estimate of drug-likeness (QED) is 0.584. The highest BCUT2D eigenvalue weighted by atomic mass is 15.2. The highest BCUT2D eigenvalue weighted by Crippen LogP contribution is 2.37. The SMILES string of the molecule is CC1=CC(C)(C)N(C)C(C)(C)C(C)=C1C. The zero-order valence-corrected chi connectivity index (χ0v) is 11.5. The number of hydrogen-bond donors (Lipinski definition) is 0. The van der Waals surface area contributed by atoms with E-state index in [-0.39, 0.29) is 11.1 Å². The molecule has 0 aromatic carbocycles. The topological polar surface area (TPSA) is 3.24 Å². The van der Waals surface area contributed by atoms with Gasteiger partial charge >= 0.3 is 0 Å². The molecule has 0 radical (unpaired) electrons. The Bertz CT molecular complexity index is 329. The fraction of sp³-hybridized carbons (Fsp3) is 0.714. The van der Waals surface area contributed by atoms with Crippen LogP contribution in [0.2, 0.25) is 0 Å². The fourth-order valence-corrected chi connectivity index (χ4v) is 2.46. The summed E-state index contributed by atoms with van der Waals surface area (Å²) in [5.41, 5.74) is 4.57. The molecule has 0 amide bonds. The number of hydrogen-bond acceptors (Lipinski definition) is 1. The van der Waals surface area contributed by atoms with Crippen molar-refractivity contribution in [2.75, 3.05) is 7.05 Å². The van der Waals surface area contributed by atoms with E-state index in [0.717, 1.165) is 0 Å². The van der Waals surface area contributed by atoms with E-state index in [4.69, 9.17) is 0 Å². The van der Waals surface area contributed by atoms with Crippen LogP contribution < -0.4 is 0 Å². The molecule has 0 aliphatic carbocycles. The molecule has 15 heavy (non-hydrogen) atoms. The zero-order valence-electron chi connectivity index (χ0n) is 11.5. The monoisotopic (exact) mass is 207 g/mol. The molecule has 1 aliphatic rings. The van der Waals surface area contributed by atoms with Gasteiger partial charge in [0.15, 0.2) is 0 Å². The lowest BCUT2D eigenvalue weighted by atomic mass is 9.88. The molecule has 1 heteroatoms. The summed E-state index contributed by atoms with van der Waals surface area (Å²) in [6.45, 7) is 15.9. The van der Waals surface area contributed by atoms with E-state index in [9.17, 15) is 0 Å². The highest BCUT2D eigenvalue weighted by Gasteiger charge is 2.37. The lowest BCUT2D eigenvalue weighted by Crippen LogP contribution is -2.52. The molecule has 0 saturated carbocycles. The predicted molar refractivity (Wildman–Crippen MR) is 68.1 cm³/mol. The molecular formula is C14H25N. The van der Waals surface area contributed by atoms with Crippen LogP contribution in [0, 0.1) is 0 Å². The lowest BCUT2D eigenvalue weighted by molar-refractivity contribution is 0.103. The van der Waals surface area contributed by atoms with Gasteiger partial charge in [-0.05, 0) is 61.1 Å². The fourth-order valence-electron chi connectivity index (χ4n) is 2.46. The van der Waals surface area contributed by atoms with Gasteiger partial charge in [-0.15, -0.1) is 0 Å². The van der Waals surface area contributed by atoms with Crippen molar-refractivity contribution in [1.29, 1.82) is 0 Å². The minimum Gasteiger partial charge on any atom is -0.289 e. The van der Waals surface area contributed by atoms with Crippen molar-refractivity contribution in [3.63, 3.8) is 0 Å². The smallest absolute Gasteiger partial charge is 0.0372 e. The first kappa shape index (κ1) is 12.5. The van der Waals surface area contributed by atoms with Gasteiger partial charge in [-0.3, -0.25) is 4.90 Å². The summed E-state index contributed by atoms with van der Waals surface area (Å²) < 4.78 is 0. The largest absolute Gasteiger partial charge is 0.289 e. The van der Waals surface area contributed by atoms with Crippen LogP contribution in [0.1, 0.15) is 48.5 Å². The second kappa shape index (κ2) is 3.48. The number of likely N-dealkylation sites (N-methyl/N-ethyl adjacent to an activating group) is 1. The van der Waals surface area contributed by atoms with E-state index in [2.05, 4.69) is 66.5 Å². The van der Waals surface area contributed by atoms with Crippen molar-refractivity contribution in [1.82, 2.24) is 4.90 Å². The van der Waals surface area contributed by atoms with Crippen molar-refractivity contribution in [3.05, 3.63) is 22.8 Å². The summed E-state index contributed by atoms with van der Waals surface area (Å²) in [5.74, 6) is 0. The van der Waals surface area contributed by atoms with Gasteiger partial charge < -0.3 is 0 Å². The van der Waals surface area contributed by atoms with Crippen LogP contribution in [-0.4, -0.2) is 23.0 Å². The molecule has 0 fully saturated rings. The molecular weight excluding hydrogens is 182 g/mol. The van der Waals surface area contributed by atoms with Gasteiger partial charge in [0.25, 0.3) is 0 Å². The maximum atomic E-state index is 2.45. The standard InChI is InChI=1S/C14H25N/c1-10-9-13(4,5)15(8)14(6,7)12(3)11(10)2/h9H,1-8H3. The van der Waals surface area contributed by atoms with Gasteiger partial charge in [0.1, 0.15) is 0 Å². The first-order valence-corrected chi connectivity index (χ1v) is 5.72. The van der Waals surface area contributed by atoms with Crippen LogP contribution >= 0.6 is 0 Å². The Morgan fingerprint density at radius 2 is 1.47 bits per heavy atom. The van der Waals surface area contributed by atoms with E-state index in [1.165, 1.54) is 16.7 Å². The summed E-state index contributed by atoms with van der Waals surface area (Å²) in [5, 5.41) is 0. The molecule has 0 atom stereocenters. The van der Waals surface area contributed by atoms with Crippen LogP contribution in [0.15, 0.2) is 22.8 Å². The molecule has 0 N–H and O–H groups in total. The van der Waals surface area contributed by atoms with E-state index in [1.807, 2.05) is 0 Å². The molecule has 0 aromatic rings. The van der Waals surface area contributed by atoms with Crippen LogP contribution in [0.4, 0.5) is 0 Å². The van der Waals surface area contributed by atoms with Crippen molar-refractivity contribution < 1.29 is 0 Å². The second-order valence-corrected chi connectivity index (χ2v) is 5.85. The summed E-state index contributed by atoms with van der Waals surface area (Å²) in [6.07, 6.45) is 2.38. The normalized spacial score (nSPS) is 26.3. The number of nitrogens with zero attached hydrogens (tertiary/aromatic N) is 1. The van der Waals surface area contributed by atoms with Gasteiger partial charge in [-0.25, -0.2) is 0 Å². The number of rotatable bonds is 0. The van der Waals surface area contributed by atoms with Gasteiger partial charge in [0.2, 0.25) is 0 Å². The number of allylic oxidation sites excluding steroid dienone is 2. The Morgan fingerprint density at radius 1 is 1.00 bits per heavy atom. The van der Waals surface area contributed by atoms with E-state index < -0.39 is 0 Å². The molecule has 1 aliphatic heterocycles. The van der Waals surface area contributed by atoms with E-state index in [1.54, 1.807) is 0 Å². The third-order valence-corrected chi connectivity index (χ3v) is 4.34. The Labute approximate surface area is 94.9 Å². The average molecular weight is 207 g/mol. The molecule has 0 bridgehead atoms. The van der Waals surface area contributed by atoms with Gasteiger partial charge in [0.05, 0.1) is 0 Å². The Hall–Kier alpha value is -0.560. The van der Waals surface area contributed by atoms with Crippen LogP contribution in [0.5, 0.6) is 0 Å². The van der Waals surface area contributed by atoms with E-state index in [0.29, 0.717) is 0 Å². The molecule has 1 nitrogen and oxygen atoms in total. The molecule has 0 unspecified atom stereocenters. The molecule has 86 valence electrons. The lowest BCUT2D eigenvalue weighted by Gasteiger charge is -2.45. The van der Waals surface area contributed by atoms with Crippen LogP contribution in [0.3, 0.4) is 0 Å².